The van der Waals surface area contributed by atoms with Crippen molar-refractivity contribution in [3.63, 3.8) is 0 Å². The minimum Gasteiger partial charge on any atom is -0.390 e. The molecular formula is C19H21N3O3. The fourth-order valence-corrected chi connectivity index (χ4v) is 3.31. The predicted octanol–water partition coefficient (Wildman–Crippen LogP) is 2.78. The highest BCUT2D eigenvalue weighted by Gasteiger charge is 2.26. The zero-order chi connectivity index (χ0) is 17.2. The van der Waals surface area contributed by atoms with Gasteiger partial charge in [0.25, 0.3) is 5.91 Å². The van der Waals surface area contributed by atoms with E-state index in [4.69, 9.17) is 9.36 Å². The standard InChI is InChI=1S/C19H21N3O3/c1-12-6-8-13(9-7-12)16-10-14(24-21-16)11-20-19(23)18-15-4-2-3-5-17(15)25-22-18/h6-9,14H,2-5,10-11H2,1H3,(H,20,23)/t14-/m0/s1. The second kappa shape index (κ2) is 6.70. The molecule has 0 bridgehead atoms. The molecule has 1 aromatic heterocycles. The molecule has 1 N–H and O–H groups in total. The number of carbonyl (C=O) groups is 1. The normalized spacial score (nSPS) is 19.1. The van der Waals surface area contributed by atoms with E-state index in [0.29, 0.717) is 18.7 Å². The molecule has 2 aliphatic rings. The van der Waals surface area contributed by atoms with Crippen LogP contribution in [0.5, 0.6) is 0 Å². The lowest BCUT2D eigenvalue weighted by molar-refractivity contribution is 0.0749. The lowest BCUT2D eigenvalue weighted by Crippen LogP contribution is -2.33. The fourth-order valence-electron chi connectivity index (χ4n) is 3.31. The van der Waals surface area contributed by atoms with Crippen molar-refractivity contribution in [3.8, 4) is 0 Å². The number of fused-ring (bicyclic) bond motifs is 1. The van der Waals surface area contributed by atoms with Gasteiger partial charge in [-0.15, -0.1) is 0 Å². The van der Waals surface area contributed by atoms with E-state index < -0.39 is 0 Å². The Kier molecular flexibility index (Phi) is 4.26. The van der Waals surface area contributed by atoms with Gasteiger partial charge in [0, 0.05) is 18.4 Å². The smallest absolute Gasteiger partial charge is 0.273 e. The topological polar surface area (TPSA) is 76.7 Å². The minimum absolute atomic E-state index is 0.150. The summed E-state index contributed by atoms with van der Waals surface area (Å²) < 4.78 is 5.30. The van der Waals surface area contributed by atoms with Gasteiger partial charge in [0.1, 0.15) is 11.9 Å². The summed E-state index contributed by atoms with van der Waals surface area (Å²) in [5.41, 5.74) is 4.58. The molecule has 2 aromatic rings. The summed E-state index contributed by atoms with van der Waals surface area (Å²) in [5, 5.41) is 11.0. The van der Waals surface area contributed by atoms with Crippen LogP contribution in [-0.4, -0.2) is 29.4 Å². The van der Waals surface area contributed by atoms with Gasteiger partial charge in [-0.05, 0) is 31.7 Å². The summed E-state index contributed by atoms with van der Waals surface area (Å²) in [7, 11) is 0. The molecule has 4 rings (SSSR count). The molecule has 0 spiro atoms. The molecule has 0 saturated heterocycles. The summed E-state index contributed by atoms with van der Waals surface area (Å²) in [6, 6.07) is 8.20. The lowest BCUT2D eigenvalue weighted by Gasteiger charge is -2.11. The molecular weight excluding hydrogens is 318 g/mol. The van der Waals surface area contributed by atoms with Crippen LogP contribution in [0.4, 0.5) is 0 Å². The summed E-state index contributed by atoms with van der Waals surface area (Å²) >= 11 is 0. The average molecular weight is 339 g/mol. The molecule has 1 aromatic carbocycles. The first-order chi connectivity index (χ1) is 12.2. The quantitative estimate of drug-likeness (QED) is 0.929. The van der Waals surface area contributed by atoms with Gasteiger partial charge in [-0.3, -0.25) is 4.79 Å². The van der Waals surface area contributed by atoms with Crippen molar-refractivity contribution >= 4 is 11.6 Å². The van der Waals surface area contributed by atoms with E-state index in [1.54, 1.807) is 0 Å². The second-order valence-corrected chi connectivity index (χ2v) is 6.69. The van der Waals surface area contributed by atoms with Gasteiger partial charge in [0.2, 0.25) is 0 Å². The summed E-state index contributed by atoms with van der Waals surface area (Å²) in [6.45, 7) is 2.46. The van der Waals surface area contributed by atoms with E-state index in [-0.39, 0.29) is 12.0 Å². The van der Waals surface area contributed by atoms with E-state index in [9.17, 15) is 4.79 Å². The van der Waals surface area contributed by atoms with Gasteiger partial charge >= 0.3 is 0 Å². The molecule has 6 heteroatoms. The van der Waals surface area contributed by atoms with Crippen LogP contribution in [0.25, 0.3) is 0 Å². The zero-order valence-electron chi connectivity index (χ0n) is 14.2. The Balaban J connectivity index is 1.33. The third-order valence-electron chi connectivity index (χ3n) is 4.77. The maximum Gasteiger partial charge on any atom is 0.273 e. The molecule has 130 valence electrons. The molecule has 0 unspecified atom stereocenters. The number of carbonyl (C=O) groups excluding carboxylic acids is 1. The monoisotopic (exact) mass is 339 g/mol. The first kappa shape index (κ1) is 15.9. The first-order valence-electron chi connectivity index (χ1n) is 8.76. The number of nitrogens with zero attached hydrogens (tertiary/aromatic N) is 2. The summed E-state index contributed by atoms with van der Waals surface area (Å²) in [5.74, 6) is 0.665. The molecule has 0 saturated carbocycles. The number of oxime groups is 1. The maximum atomic E-state index is 12.4. The molecule has 6 nitrogen and oxygen atoms in total. The number of hydrogen-bond acceptors (Lipinski definition) is 5. The summed E-state index contributed by atoms with van der Waals surface area (Å²) in [6.07, 6.45) is 4.44. The first-order valence-corrected chi connectivity index (χ1v) is 8.76. The van der Waals surface area contributed by atoms with Crippen LogP contribution in [-0.2, 0) is 17.7 Å². The van der Waals surface area contributed by atoms with Crippen molar-refractivity contribution in [2.24, 2.45) is 5.16 Å². The van der Waals surface area contributed by atoms with Crippen molar-refractivity contribution in [1.29, 1.82) is 0 Å². The average Bonchev–Trinajstić information content (AvgIpc) is 3.27. The van der Waals surface area contributed by atoms with Crippen LogP contribution in [0.3, 0.4) is 0 Å². The Morgan fingerprint density at radius 2 is 2.04 bits per heavy atom. The molecule has 0 radical (unpaired) electrons. The zero-order valence-corrected chi connectivity index (χ0v) is 14.2. The second-order valence-electron chi connectivity index (χ2n) is 6.69. The van der Waals surface area contributed by atoms with Gasteiger partial charge in [-0.2, -0.15) is 0 Å². The Hall–Kier alpha value is -2.63. The van der Waals surface area contributed by atoms with Crippen LogP contribution in [0.1, 0.15) is 52.2 Å². The lowest BCUT2D eigenvalue weighted by atomic mass is 9.96. The molecule has 25 heavy (non-hydrogen) atoms. The van der Waals surface area contributed by atoms with Crippen LogP contribution < -0.4 is 5.32 Å². The van der Waals surface area contributed by atoms with E-state index in [1.807, 2.05) is 12.1 Å². The highest BCUT2D eigenvalue weighted by molar-refractivity contribution is 6.01. The van der Waals surface area contributed by atoms with Crippen molar-refractivity contribution in [3.05, 3.63) is 52.4 Å². The van der Waals surface area contributed by atoms with Gasteiger partial charge in [-0.25, -0.2) is 0 Å². The van der Waals surface area contributed by atoms with E-state index in [1.165, 1.54) is 5.56 Å². The van der Waals surface area contributed by atoms with Crippen LogP contribution in [0.15, 0.2) is 33.9 Å². The number of aromatic nitrogens is 1. The van der Waals surface area contributed by atoms with Crippen molar-refractivity contribution in [2.45, 2.75) is 45.1 Å². The number of rotatable bonds is 4. The maximum absolute atomic E-state index is 12.4. The van der Waals surface area contributed by atoms with Crippen molar-refractivity contribution < 1.29 is 14.2 Å². The van der Waals surface area contributed by atoms with Gasteiger partial charge < -0.3 is 14.7 Å². The molecule has 2 heterocycles. The molecule has 0 fully saturated rings. The molecule has 1 atom stereocenters. The Labute approximate surface area is 146 Å². The van der Waals surface area contributed by atoms with Crippen molar-refractivity contribution in [2.75, 3.05) is 6.54 Å². The van der Waals surface area contributed by atoms with E-state index in [0.717, 1.165) is 48.3 Å². The molecule has 1 amide bonds. The minimum atomic E-state index is -0.195. The Bertz CT molecular complexity index is 808. The van der Waals surface area contributed by atoms with Gasteiger partial charge in [-0.1, -0.05) is 40.1 Å². The SMILES string of the molecule is Cc1ccc(C2=NO[C@H](CNC(=O)c3noc4c3CCCC4)C2)cc1. The molecule has 1 aliphatic carbocycles. The predicted molar refractivity (Wildman–Crippen MR) is 92.7 cm³/mol. The summed E-state index contributed by atoms with van der Waals surface area (Å²) in [4.78, 5) is 17.9. The highest BCUT2D eigenvalue weighted by Crippen LogP contribution is 2.24. The van der Waals surface area contributed by atoms with Gasteiger partial charge in [0.15, 0.2) is 5.69 Å². The number of benzene rings is 1. The van der Waals surface area contributed by atoms with Crippen LogP contribution >= 0.6 is 0 Å². The number of nitrogens with one attached hydrogen (secondary N) is 1. The van der Waals surface area contributed by atoms with Gasteiger partial charge in [0.05, 0.1) is 12.3 Å². The van der Waals surface area contributed by atoms with E-state index >= 15 is 0 Å². The number of hydrogen-bond donors (Lipinski definition) is 1. The largest absolute Gasteiger partial charge is 0.390 e. The number of aryl methyl sites for hydroxylation is 2. The third kappa shape index (κ3) is 3.29. The van der Waals surface area contributed by atoms with E-state index in [2.05, 4.69) is 34.7 Å². The highest BCUT2D eigenvalue weighted by atomic mass is 16.6. The Morgan fingerprint density at radius 3 is 2.88 bits per heavy atom. The van der Waals surface area contributed by atoms with Crippen molar-refractivity contribution in [1.82, 2.24) is 10.5 Å². The molecule has 1 aliphatic heterocycles. The number of amides is 1. The Morgan fingerprint density at radius 1 is 1.24 bits per heavy atom. The third-order valence-corrected chi connectivity index (χ3v) is 4.77. The van der Waals surface area contributed by atoms with Crippen LogP contribution in [0.2, 0.25) is 0 Å². The fraction of sp³-hybridized carbons (Fsp3) is 0.421. The van der Waals surface area contributed by atoms with Crippen LogP contribution in [0, 0.1) is 6.92 Å².